The fourth-order valence-electron chi connectivity index (χ4n) is 2.17. The van der Waals surface area contributed by atoms with E-state index in [-0.39, 0.29) is 5.91 Å². The van der Waals surface area contributed by atoms with Crippen LogP contribution >= 0.6 is 0 Å². The maximum atomic E-state index is 12.5. The second-order valence-electron chi connectivity index (χ2n) is 5.10. The van der Waals surface area contributed by atoms with Crippen LogP contribution in [0.4, 0.5) is 0 Å². The number of benzene rings is 1. The Morgan fingerprint density at radius 2 is 1.81 bits per heavy atom. The summed E-state index contributed by atoms with van der Waals surface area (Å²) in [6.07, 6.45) is 3.46. The van der Waals surface area contributed by atoms with Crippen LogP contribution in [-0.4, -0.2) is 22.3 Å². The molecule has 1 heterocycles. The van der Waals surface area contributed by atoms with Crippen LogP contribution in [0.5, 0.6) is 0 Å². The Morgan fingerprint density at radius 3 is 2.38 bits per heavy atom. The molecule has 1 aromatic heterocycles. The number of rotatable bonds is 5. The number of nitrogens with zero attached hydrogens (tertiary/aromatic N) is 2. The largest absolute Gasteiger partial charge is 0.337 e. The summed E-state index contributed by atoms with van der Waals surface area (Å²) in [4.78, 5) is 18.3. The van der Waals surface area contributed by atoms with Crippen molar-refractivity contribution in [2.45, 2.75) is 26.4 Å². The van der Waals surface area contributed by atoms with Crippen molar-refractivity contribution in [1.29, 1.82) is 0 Å². The minimum Gasteiger partial charge on any atom is -0.337 e. The Bertz CT molecular complexity index is 581. The van der Waals surface area contributed by atoms with Gasteiger partial charge in [0.1, 0.15) is 6.04 Å². The molecule has 0 fully saturated rings. The molecule has 0 aliphatic rings. The zero-order valence-electron chi connectivity index (χ0n) is 12.5. The molecule has 1 unspecified atom stereocenters. The summed E-state index contributed by atoms with van der Waals surface area (Å²) in [5.74, 6) is -0.0573. The second-order valence-corrected chi connectivity index (χ2v) is 5.10. The normalized spacial score (nSPS) is 12.0. The lowest BCUT2D eigenvalue weighted by Crippen LogP contribution is -2.38. The van der Waals surface area contributed by atoms with Crippen LogP contribution in [0.25, 0.3) is 0 Å². The highest BCUT2D eigenvalue weighted by Gasteiger charge is 2.21. The van der Waals surface area contributed by atoms with Crippen molar-refractivity contribution in [2.75, 3.05) is 6.54 Å². The Balaban J connectivity index is 2.10. The maximum Gasteiger partial charge on any atom is 0.244 e. The van der Waals surface area contributed by atoms with E-state index in [0.29, 0.717) is 13.1 Å². The molecule has 2 rings (SSSR count). The molecule has 1 aromatic carbocycles. The quantitative estimate of drug-likeness (QED) is 0.917. The van der Waals surface area contributed by atoms with Crippen LogP contribution < -0.4 is 5.73 Å². The number of nitrogens with two attached hydrogens (primary N) is 1. The lowest BCUT2D eigenvalue weighted by molar-refractivity contribution is -0.133. The van der Waals surface area contributed by atoms with Gasteiger partial charge in [-0.2, -0.15) is 0 Å². The number of carbonyl (C=O) groups excluding carboxylic acids is 1. The molecule has 0 saturated heterocycles. The highest BCUT2D eigenvalue weighted by atomic mass is 16.2. The summed E-state index contributed by atoms with van der Waals surface area (Å²) in [5.41, 5.74) is 9.17. The number of likely N-dealkylation sites (N-methyl/N-ethyl adjacent to an activating group) is 1. The van der Waals surface area contributed by atoms with Gasteiger partial charge in [0.15, 0.2) is 0 Å². The van der Waals surface area contributed by atoms with Gasteiger partial charge < -0.3 is 10.6 Å². The van der Waals surface area contributed by atoms with Crippen LogP contribution in [0.15, 0.2) is 48.8 Å². The Labute approximate surface area is 125 Å². The first kappa shape index (κ1) is 15.2. The Morgan fingerprint density at radius 1 is 1.19 bits per heavy atom. The fraction of sp³-hybridized carbons (Fsp3) is 0.294. The average Bonchev–Trinajstić information content (AvgIpc) is 2.53. The number of hydrogen-bond acceptors (Lipinski definition) is 3. The number of aromatic nitrogens is 1. The van der Waals surface area contributed by atoms with E-state index in [4.69, 9.17) is 5.73 Å². The predicted molar refractivity (Wildman–Crippen MR) is 83.4 cm³/mol. The van der Waals surface area contributed by atoms with E-state index in [9.17, 15) is 4.79 Å². The van der Waals surface area contributed by atoms with Crippen LogP contribution in [0.3, 0.4) is 0 Å². The van der Waals surface area contributed by atoms with E-state index >= 15 is 0 Å². The molecule has 110 valence electrons. The predicted octanol–water partition coefficient (Wildman–Crippen LogP) is 2.44. The molecule has 0 saturated carbocycles. The van der Waals surface area contributed by atoms with E-state index < -0.39 is 6.04 Å². The molecule has 2 N–H and O–H groups in total. The van der Waals surface area contributed by atoms with Crippen LogP contribution in [-0.2, 0) is 11.3 Å². The van der Waals surface area contributed by atoms with Crippen molar-refractivity contribution in [2.24, 2.45) is 5.73 Å². The minimum absolute atomic E-state index is 0.0573. The average molecular weight is 283 g/mol. The molecular formula is C17H21N3O. The summed E-state index contributed by atoms with van der Waals surface area (Å²) >= 11 is 0. The molecule has 4 heteroatoms. The lowest BCUT2D eigenvalue weighted by atomic mass is 10.0. The molecule has 1 atom stereocenters. The molecule has 2 aromatic rings. The van der Waals surface area contributed by atoms with Gasteiger partial charge in [-0.05, 0) is 37.1 Å². The van der Waals surface area contributed by atoms with E-state index in [2.05, 4.69) is 4.98 Å². The summed E-state index contributed by atoms with van der Waals surface area (Å²) in [6, 6.07) is 11.0. The van der Waals surface area contributed by atoms with Crippen molar-refractivity contribution in [3.8, 4) is 0 Å². The van der Waals surface area contributed by atoms with Crippen LogP contribution in [0.1, 0.15) is 29.7 Å². The SMILES string of the molecule is CCN(Cc1ccncc1)C(=O)C(N)c1ccc(C)cc1. The first-order chi connectivity index (χ1) is 10.1. The van der Waals surface area contributed by atoms with E-state index in [1.807, 2.05) is 50.2 Å². The molecule has 0 aliphatic heterocycles. The molecule has 0 aliphatic carbocycles. The molecule has 1 amide bonds. The van der Waals surface area contributed by atoms with Gasteiger partial charge in [-0.3, -0.25) is 9.78 Å². The standard InChI is InChI=1S/C17H21N3O/c1-3-20(12-14-8-10-19-11-9-14)17(21)16(18)15-6-4-13(2)5-7-15/h4-11,16H,3,12,18H2,1-2H3. The van der Waals surface area contributed by atoms with Crippen molar-refractivity contribution in [3.05, 3.63) is 65.5 Å². The van der Waals surface area contributed by atoms with Crippen LogP contribution in [0, 0.1) is 6.92 Å². The van der Waals surface area contributed by atoms with Gasteiger partial charge in [0.05, 0.1) is 0 Å². The van der Waals surface area contributed by atoms with E-state index in [1.54, 1.807) is 17.3 Å². The van der Waals surface area contributed by atoms with Gasteiger partial charge in [-0.25, -0.2) is 0 Å². The Hall–Kier alpha value is -2.20. The number of pyridine rings is 1. The third kappa shape index (κ3) is 3.89. The fourth-order valence-corrected chi connectivity index (χ4v) is 2.17. The maximum absolute atomic E-state index is 12.5. The first-order valence-electron chi connectivity index (χ1n) is 7.11. The van der Waals surface area contributed by atoms with E-state index in [1.165, 1.54) is 0 Å². The third-order valence-electron chi connectivity index (χ3n) is 3.52. The lowest BCUT2D eigenvalue weighted by Gasteiger charge is -2.24. The molecule has 4 nitrogen and oxygen atoms in total. The van der Waals surface area contributed by atoms with Crippen LogP contribution in [0.2, 0.25) is 0 Å². The second kappa shape index (κ2) is 6.99. The zero-order valence-corrected chi connectivity index (χ0v) is 12.5. The van der Waals surface area contributed by atoms with E-state index in [0.717, 1.165) is 16.7 Å². The van der Waals surface area contributed by atoms with Gasteiger partial charge in [0.25, 0.3) is 0 Å². The first-order valence-corrected chi connectivity index (χ1v) is 7.11. The number of aryl methyl sites for hydroxylation is 1. The van der Waals surface area contributed by atoms with Gasteiger partial charge in [0.2, 0.25) is 5.91 Å². The van der Waals surface area contributed by atoms with Crippen molar-refractivity contribution in [3.63, 3.8) is 0 Å². The molecule has 0 radical (unpaired) electrons. The highest BCUT2D eigenvalue weighted by molar-refractivity contribution is 5.83. The summed E-state index contributed by atoms with van der Waals surface area (Å²) in [6.45, 7) is 5.15. The monoisotopic (exact) mass is 283 g/mol. The molecule has 0 spiro atoms. The summed E-state index contributed by atoms with van der Waals surface area (Å²) in [5, 5.41) is 0. The third-order valence-corrected chi connectivity index (χ3v) is 3.52. The highest BCUT2D eigenvalue weighted by Crippen LogP contribution is 2.15. The smallest absolute Gasteiger partial charge is 0.244 e. The Kier molecular flexibility index (Phi) is 5.06. The summed E-state index contributed by atoms with van der Waals surface area (Å²) in [7, 11) is 0. The summed E-state index contributed by atoms with van der Waals surface area (Å²) < 4.78 is 0. The number of carbonyl (C=O) groups is 1. The molecule has 21 heavy (non-hydrogen) atoms. The van der Waals surface area contributed by atoms with Gasteiger partial charge >= 0.3 is 0 Å². The van der Waals surface area contributed by atoms with Gasteiger partial charge in [0, 0.05) is 25.5 Å². The van der Waals surface area contributed by atoms with Crippen molar-refractivity contribution in [1.82, 2.24) is 9.88 Å². The van der Waals surface area contributed by atoms with Crippen molar-refractivity contribution >= 4 is 5.91 Å². The minimum atomic E-state index is -0.618. The van der Waals surface area contributed by atoms with Gasteiger partial charge in [-0.15, -0.1) is 0 Å². The topological polar surface area (TPSA) is 59.2 Å². The number of amides is 1. The molecular weight excluding hydrogens is 262 g/mol. The van der Waals surface area contributed by atoms with Crippen molar-refractivity contribution < 1.29 is 4.79 Å². The van der Waals surface area contributed by atoms with Gasteiger partial charge in [-0.1, -0.05) is 29.8 Å². The zero-order chi connectivity index (χ0) is 15.2. The number of hydrogen-bond donors (Lipinski definition) is 1. The molecule has 0 bridgehead atoms.